The summed E-state index contributed by atoms with van der Waals surface area (Å²) in [6.45, 7) is 6.03. The van der Waals surface area contributed by atoms with Crippen LogP contribution in [0.15, 0.2) is 30.3 Å². The molecule has 3 heterocycles. The zero-order valence-electron chi connectivity index (χ0n) is 24.6. The Kier molecular flexibility index (Phi) is 11.4. The van der Waals surface area contributed by atoms with Gasteiger partial charge in [0, 0.05) is 31.1 Å². The highest BCUT2D eigenvalue weighted by Crippen LogP contribution is 2.36. The molecule has 0 bridgehead atoms. The van der Waals surface area contributed by atoms with Crippen molar-refractivity contribution >= 4 is 12.4 Å². The second-order valence-corrected chi connectivity index (χ2v) is 11.8. The number of pyridine rings is 1. The van der Waals surface area contributed by atoms with Crippen LogP contribution >= 0.6 is 0 Å². The summed E-state index contributed by atoms with van der Waals surface area (Å²) >= 11 is 0. The Hall–Kier alpha value is -2.92. The fourth-order valence-electron chi connectivity index (χ4n) is 5.98. The number of aliphatic carboxylic acids is 1. The number of aryl methyl sites for hydroxylation is 3. The van der Waals surface area contributed by atoms with E-state index in [-0.39, 0.29) is 12.6 Å². The number of likely N-dealkylation sites (tertiary alicyclic amines) is 1. The predicted molar refractivity (Wildman–Crippen MR) is 154 cm³/mol. The van der Waals surface area contributed by atoms with E-state index in [0.717, 1.165) is 44.2 Å². The fourth-order valence-corrected chi connectivity index (χ4v) is 5.98. The molecule has 0 saturated carbocycles. The van der Waals surface area contributed by atoms with E-state index >= 15 is 0 Å². The molecule has 0 radical (unpaired) electrons. The van der Waals surface area contributed by atoms with Crippen LogP contribution in [0.3, 0.4) is 0 Å². The van der Waals surface area contributed by atoms with Crippen LogP contribution in [0.5, 0.6) is 0 Å². The van der Waals surface area contributed by atoms with E-state index in [2.05, 4.69) is 12.1 Å². The summed E-state index contributed by atoms with van der Waals surface area (Å²) in [5, 5.41) is 17.1. The van der Waals surface area contributed by atoms with Gasteiger partial charge in [-0.25, -0.2) is 4.39 Å². The second kappa shape index (κ2) is 15.0. The number of carboxylic acid groups (broad SMARTS) is 2. The van der Waals surface area contributed by atoms with E-state index < -0.39 is 29.5 Å². The molecule has 2 unspecified atom stereocenters. The summed E-state index contributed by atoms with van der Waals surface area (Å²) in [6.07, 6.45) is 7.91. The number of fused-ring (bicyclic) bond motifs is 1. The lowest BCUT2D eigenvalue weighted by atomic mass is 9.94. The highest BCUT2D eigenvalue weighted by Gasteiger charge is 2.38. The number of carboxylic acids is 1. The topological polar surface area (TPSA) is 118 Å². The van der Waals surface area contributed by atoms with E-state index in [0.29, 0.717) is 44.0 Å². The lowest BCUT2D eigenvalue weighted by Crippen LogP contribution is -2.40. The van der Waals surface area contributed by atoms with Crippen LogP contribution in [0.25, 0.3) is 0 Å². The first-order chi connectivity index (χ1) is 20.2. The Morgan fingerprint density at radius 1 is 1.24 bits per heavy atom. The van der Waals surface area contributed by atoms with Gasteiger partial charge in [-0.2, -0.15) is 0 Å². The molecule has 3 aliphatic rings. The molecule has 2 fully saturated rings. The molecule has 2 N–H and O–H groups in total. The van der Waals surface area contributed by atoms with Crippen molar-refractivity contribution in [2.45, 2.75) is 89.1 Å². The Morgan fingerprint density at radius 3 is 2.76 bits per heavy atom. The van der Waals surface area contributed by atoms with Crippen molar-refractivity contribution in [3.63, 3.8) is 0 Å². The van der Waals surface area contributed by atoms with Crippen molar-refractivity contribution in [3.05, 3.63) is 64.2 Å². The number of carbonyl (C=O) groups is 2. The van der Waals surface area contributed by atoms with Crippen molar-refractivity contribution in [3.8, 4) is 0 Å². The van der Waals surface area contributed by atoms with Crippen LogP contribution in [0.2, 0.25) is 0 Å². The molecule has 1 aromatic carbocycles. The van der Waals surface area contributed by atoms with Crippen LogP contribution in [-0.2, 0) is 43.1 Å². The van der Waals surface area contributed by atoms with Gasteiger partial charge in [0.2, 0.25) is 0 Å². The molecule has 230 valence electrons. The SMILES string of the molecule is CC1(C)COC(c2ccc(F)cc2C(C(=O)O)N2CC[C@@H](OCCCCc3ccc4c(n3)CCCC4)C2)CO1.O=CO. The standard InChI is InChI=1S/C31H41FN2O5.CH2O2/c1-31(2)20-38-28(19-39-31)25-13-11-22(32)17-26(25)29(30(35)36)34-15-14-24(18-34)37-16-6-5-8-23-12-10-21-7-3-4-9-27(21)33-23;2-1-3/h10-13,17,24,28-29H,3-9,14-16,18-20H2,1-2H3,(H,35,36);1H,(H,2,3)/t24-,28?,29?;/m1./s1. The minimum Gasteiger partial charge on any atom is -0.483 e. The number of nitrogens with zero attached hydrogens (tertiary/aromatic N) is 2. The average Bonchev–Trinajstić information content (AvgIpc) is 3.42. The van der Waals surface area contributed by atoms with E-state index in [9.17, 15) is 14.3 Å². The molecule has 0 amide bonds. The Bertz CT molecular complexity index is 1200. The van der Waals surface area contributed by atoms with Crippen LogP contribution in [0, 0.1) is 5.82 Å². The summed E-state index contributed by atoms with van der Waals surface area (Å²) in [7, 11) is 0. The molecule has 1 aliphatic carbocycles. The Morgan fingerprint density at radius 2 is 2.02 bits per heavy atom. The van der Waals surface area contributed by atoms with Gasteiger partial charge in [-0.3, -0.25) is 19.5 Å². The van der Waals surface area contributed by atoms with Crippen molar-refractivity contribution in [1.82, 2.24) is 9.88 Å². The van der Waals surface area contributed by atoms with Gasteiger partial charge in [-0.15, -0.1) is 0 Å². The molecule has 3 atom stereocenters. The third kappa shape index (κ3) is 8.56. The third-order valence-corrected chi connectivity index (χ3v) is 8.14. The lowest BCUT2D eigenvalue weighted by Gasteiger charge is -2.36. The predicted octanol–water partition coefficient (Wildman–Crippen LogP) is 4.91. The number of ether oxygens (including phenoxy) is 3. The summed E-state index contributed by atoms with van der Waals surface area (Å²) in [6, 6.07) is 7.76. The number of benzene rings is 1. The normalized spacial score (nSPS) is 22.5. The second-order valence-electron chi connectivity index (χ2n) is 11.8. The van der Waals surface area contributed by atoms with Gasteiger partial charge in [0.05, 0.1) is 24.9 Å². The summed E-state index contributed by atoms with van der Waals surface area (Å²) in [4.78, 5) is 27.6. The minimum absolute atomic E-state index is 0.0409. The summed E-state index contributed by atoms with van der Waals surface area (Å²) in [5.74, 6) is -1.46. The van der Waals surface area contributed by atoms with Crippen LogP contribution in [-0.4, -0.2) is 77.2 Å². The molecule has 2 aromatic rings. The van der Waals surface area contributed by atoms with Gasteiger partial charge in [-0.05, 0) is 100 Å². The number of hydrogen-bond donors (Lipinski definition) is 2. The Balaban J connectivity index is 0.00000129. The minimum atomic E-state index is -1.00. The van der Waals surface area contributed by atoms with Gasteiger partial charge < -0.3 is 24.4 Å². The van der Waals surface area contributed by atoms with Crippen molar-refractivity contribution < 1.29 is 38.4 Å². The molecule has 2 aliphatic heterocycles. The number of unbranched alkanes of at least 4 members (excludes halogenated alkanes) is 1. The van der Waals surface area contributed by atoms with Crippen molar-refractivity contribution in [2.24, 2.45) is 0 Å². The average molecular weight is 587 g/mol. The number of halogens is 1. The van der Waals surface area contributed by atoms with E-state index in [1.807, 2.05) is 18.7 Å². The number of hydrogen-bond acceptors (Lipinski definition) is 7. The van der Waals surface area contributed by atoms with Crippen LogP contribution in [0.4, 0.5) is 4.39 Å². The monoisotopic (exact) mass is 586 g/mol. The number of aromatic nitrogens is 1. The van der Waals surface area contributed by atoms with Crippen LogP contribution in [0.1, 0.15) is 86.2 Å². The largest absolute Gasteiger partial charge is 0.483 e. The van der Waals surface area contributed by atoms with E-state index in [4.69, 9.17) is 29.1 Å². The molecule has 10 heteroatoms. The molecule has 2 saturated heterocycles. The van der Waals surface area contributed by atoms with E-state index in [1.165, 1.54) is 36.2 Å². The first-order valence-electron chi connectivity index (χ1n) is 14.9. The van der Waals surface area contributed by atoms with Gasteiger partial charge in [0.1, 0.15) is 18.0 Å². The molecular formula is C32H43FN2O7. The van der Waals surface area contributed by atoms with Crippen molar-refractivity contribution in [2.75, 3.05) is 32.9 Å². The fraction of sp³-hybridized carbons (Fsp3) is 0.594. The molecule has 1 aromatic heterocycles. The van der Waals surface area contributed by atoms with Gasteiger partial charge >= 0.3 is 5.97 Å². The smallest absolute Gasteiger partial charge is 0.325 e. The highest BCUT2D eigenvalue weighted by atomic mass is 19.1. The summed E-state index contributed by atoms with van der Waals surface area (Å²) < 4.78 is 32.4. The van der Waals surface area contributed by atoms with Gasteiger partial charge in [-0.1, -0.05) is 12.1 Å². The molecule has 9 nitrogen and oxygen atoms in total. The zero-order chi connectivity index (χ0) is 30.1. The third-order valence-electron chi connectivity index (χ3n) is 8.14. The maximum Gasteiger partial charge on any atom is 0.325 e. The summed E-state index contributed by atoms with van der Waals surface area (Å²) in [5.41, 5.74) is 4.54. The first kappa shape index (κ1) is 32.0. The first-order valence-corrected chi connectivity index (χ1v) is 14.9. The quantitative estimate of drug-likeness (QED) is 0.296. The van der Waals surface area contributed by atoms with Gasteiger partial charge in [0.15, 0.2) is 0 Å². The Labute approximate surface area is 247 Å². The molecule has 5 rings (SSSR count). The molecule has 0 spiro atoms. The van der Waals surface area contributed by atoms with E-state index in [1.54, 1.807) is 6.07 Å². The van der Waals surface area contributed by atoms with Crippen LogP contribution < -0.4 is 0 Å². The number of rotatable bonds is 10. The molecule has 42 heavy (non-hydrogen) atoms. The molecular weight excluding hydrogens is 543 g/mol. The highest BCUT2D eigenvalue weighted by molar-refractivity contribution is 5.76. The van der Waals surface area contributed by atoms with Crippen molar-refractivity contribution in [1.29, 1.82) is 0 Å². The lowest BCUT2D eigenvalue weighted by molar-refractivity contribution is -0.177. The zero-order valence-corrected chi connectivity index (χ0v) is 24.6. The van der Waals surface area contributed by atoms with Gasteiger partial charge in [0.25, 0.3) is 6.47 Å². The maximum absolute atomic E-state index is 14.4. The maximum atomic E-state index is 14.4.